The summed E-state index contributed by atoms with van der Waals surface area (Å²) in [5, 5.41) is 0. The summed E-state index contributed by atoms with van der Waals surface area (Å²) >= 11 is 0. The van der Waals surface area contributed by atoms with E-state index in [2.05, 4.69) is 20.8 Å². The lowest BCUT2D eigenvalue weighted by atomic mass is 10.0. The average molecular weight is 1100 g/mol. The normalized spacial score (nSPS) is 11.9. The van der Waals surface area contributed by atoms with E-state index in [1.54, 1.807) is 0 Å². The molecule has 0 N–H and O–H groups in total. The minimum Gasteiger partial charge on any atom is -0.462 e. The van der Waals surface area contributed by atoms with Gasteiger partial charge in [-0.3, -0.25) is 14.4 Å². The molecule has 0 rings (SSSR count). The average Bonchev–Trinajstić information content (AvgIpc) is 3.44. The molecule has 0 saturated heterocycles. The summed E-state index contributed by atoms with van der Waals surface area (Å²) in [5.41, 5.74) is 0. The minimum atomic E-state index is -0.762. The van der Waals surface area contributed by atoms with Gasteiger partial charge in [0.2, 0.25) is 0 Å². The second-order valence-corrected chi connectivity index (χ2v) is 24.9. The van der Waals surface area contributed by atoms with Crippen LogP contribution < -0.4 is 0 Å². The van der Waals surface area contributed by atoms with Crippen LogP contribution in [0.1, 0.15) is 425 Å². The molecule has 0 fully saturated rings. The predicted octanol–water partition coefficient (Wildman–Crippen LogP) is 24.6. The second-order valence-electron chi connectivity index (χ2n) is 24.9. The Hall–Kier alpha value is -1.59. The van der Waals surface area contributed by atoms with Gasteiger partial charge in [0.05, 0.1) is 0 Å². The van der Waals surface area contributed by atoms with Crippen LogP contribution in [0.5, 0.6) is 0 Å². The van der Waals surface area contributed by atoms with E-state index in [1.165, 1.54) is 327 Å². The van der Waals surface area contributed by atoms with Crippen LogP contribution in [0.4, 0.5) is 0 Å². The lowest BCUT2D eigenvalue weighted by molar-refractivity contribution is -0.167. The number of carbonyl (C=O) groups is 3. The van der Waals surface area contributed by atoms with E-state index >= 15 is 0 Å². The molecular formula is C72H140O6. The third-order valence-electron chi connectivity index (χ3n) is 16.9. The van der Waals surface area contributed by atoms with E-state index < -0.39 is 6.10 Å². The van der Waals surface area contributed by atoms with E-state index in [0.29, 0.717) is 19.3 Å². The number of carbonyl (C=O) groups excluding carboxylic acids is 3. The highest BCUT2D eigenvalue weighted by molar-refractivity contribution is 5.71. The number of unbranched alkanes of at least 4 members (excludes halogenated alkanes) is 57. The summed E-state index contributed by atoms with van der Waals surface area (Å²) < 4.78 is 16.9. The Bertz CT molecular complexity index is 1170. The summed E-state index contributed by atoms with van der Waals surface area (Å²) in [6, 6.07) is 0. The minimum absolute atomic E-state index is 0.0612. The molecule has 6 nitrogen and oxygen atoms in total. The smallest absolute Gasteiger partial charge is 0.306 e. The molecular weight excluding hydrogens is 961 g/mol. The van der Waals surface area contributed by atoms with Crippen LogP contribution in [-0.4, -0.2) is 37.2 Å². The van der Waals surface area contributed by atoms with Crippen LogP contribution in [0.2, 0.25) is 0 Å². The maximum atomic E-state index is 12.9. The number of ether oxygens (including phenoxy) is 3. The molecule has 78 heavy (non-hydrogen) atoms. The Morgan fingerprint density at radius 2 is 0.346 bits per heavy atom. The Balaban J connectivity index is 3.96. The van der Waals surface area contributed by atoms with Crippen LogP contribution >= 0.6 is 0 Å². The van der Waals surface area contributed by atoms with Crippen molar-refractivity contribution in [3.63, 3.8) is 0 Å². The highest BCUT2D eigenvalue weighted by atomic mass is 16.6. The summed E-state index contributed by atoms with van der Waals surface area (Å²) in [4.78, 5) is 38.2. The first kappa shape index (κ1) is 76.4. The van der Waals surface area contributed by atoms with Crippen LogP contribution in [0, 0.1) is 0 Å². The molecule has 0 heterocycles. The molecule has 0 spiro atoms. The molecule has 0 aromatic carbocycles. The van der Waals surface area contributed by atoms with Gasteiger partial charge in [-0.2, -0.15) is 0 Å². The van der Waals surface area contributed by atoms with Crippen LogP contribution in [0.3, 0.4) is 0 Å². The van der Waals surface area contributed by atoms with Gasteiger partial charge in [-0.25, -0.2) is 0 Å². The first-order valence-electron chi connectivity index (χ1n) is 36.0. The molecule has 464 valence electrons. The molecule has 0 saturated carbocycles. The van der Waals surface area contributed by atoms with Gasteiger partial charge >= 0.3 is 17.9 Å². The first-order valence-corrected chi connectivity index (χ1v) is 36.0. The van der Waals surface area contributed by atoms with Gasteiger partial charge in [-0.15, -0.1) is 0 Å². The lowest BCUT2D eigenvalue weighted by Crippen LogP contribution is -2.30. The van der Waals surface area contributed by atoms with Crippen molar-refractivity contribution in [3.8, 4) is 0 Å². The largest absolute Gasteiger partial charge is 0.462 e. The Morgan fingerprint density at radius 3 is 0.513 bits per heavy atom. The third-order valence-corrected chi connectivity index (χ3v) is 16.9. The van der Waals surface area contributed by atoms with Crippen LogP contribution in [0.15, 0.2) is 0 Å². The summed E-state index contributed by atoms with van der Waals surface area (Å²) in [6.07, 6.45) is 80.4. The number of hydrogen-bond acceptors (Lipinski definition) is 6. The fraction of sp³-hybridized carbons (Fsp3) is 0.958. The van der Waals surface area contributed by atoms with Crippen LogP contribution in [-0.2, 0) is 28.6 Å². The first-order chi connectivity index (χ1) is 38.5. The molecule has 0 aliphatic heterocycles. The Labute approximate surface area is 488 Å². The zero-order chi connectivity index (χ0) is 56.4. The van der Waals surface area contributed by atoms with Crippen molar-refractivity contribution in [2.24, 2.45) is 0 Å². The Morgan fingerprint density at radius 1 is 0.205 bits per heavy atom. The highest BCUT2D eigenvalue weighted by Crippen LogP contribution is 2.20. The number of esters is 3. The zero-order valence-electron chi connectivity index (χ0n) is 53.5. The topological polar surface area (TPSA) is 78.9 Å². The fourth-order valence-corrected chi connectivity index (χ4v) is 11.5. The van der Waals surface area contributed by atoms with Crippen molar-refractivity contribution in [1.29, 1.82) is 0 Å². The van der Waals surface area contributed by atoms with Crippen molar-refractivity contribution >= 4 is 17.9 Å². The van der Waals surface area contributed by atoms with Crippen LogP contribution in [0.25, 0.3) is 0 Å². The maximum absolute atomic E-state index is 12.9. The van der Waals surface area contributed by atoms with Crippen molar-refractivity contribution in [2.75, 3.05) is 13.2 Å². The van der Waals surface area contributed by atoms with Gasteiger partial charge in [0.1, 0.15) is 13.2 Å². The highest BCUT2D eigenvalue weighted by Gasteiger charge is 2.20. The Kier molecular flexibility index (Phi) is 66.5. The molecule has 6 heteroatoms. The summed E-state index contributed by atoms with van der Waals surface area (Å²) in [7, 11) is 0. The number of hydrogen-bond donors (Lipinski definition) is 0. The molecule has 1 atom stereocenters. The van der Waals surface area contributed by atoms with Gasteiger partial charge in [0, 0.05) is 19.3 Å². The van der Waals surface area contributed by atoms with E-state index in [4.69, 9.17) is 14.2 Å². The monoisotopic (exact) mass is 1100 g/mol. The molecule has 1 unspecified atom stereocenters. The molecule has 0 amide bonds. The summed E-state index contributed by atoms with van der Waals surface area (Å²) in [5.74, 6) is -0.832. The fourth-order valence-electron chi connectivity index (χ4n) is 11.5. The van der Waals surface area contributed by atoms with Crippen molar-refractivity contribution in [2.45, 2.75) is 431 Å². The second kappa shape index (κ2) is 67.9. The molecule has 0 radical (unpaired) electrons. The van der Waals surface area contributed by atoms with Crippen molar-refractivity contribution < 1.29 is 28.6 Å². The molecule has 0 bridgehead atoms. The predicted molar refractivity (Wildman–Crippen MR) is 340 cm³/mol. The molecule has 0 aliphatic rings. The van der Waals surface area contributed by atoms with E-state index in [9.17, 15) is 14.4 Å². The van der Waals surface area contributed by atoms with Crippen molar-refractivity contribution in [1.82, 2.24) is 0 Å². The van der Waals surface area contributed by atoms with Gasteiger partial charge in [-0.1, -0.05) is 387 Å². The van der Waals surface area contributed by atoms with Gasteiger partial charge in [-0.05, 0) is 19.3 Å². The molecule has 0 aromatic rings. The third kappa shape index (κ3) is 65.2. The van der Waals surface area contributed by atoms with E-state index in [1.807, 2.05) is 0 Å². The van der Waals surface area contributed by atoms with Crippen molar-refractivity contribution in [3.05, 3.63) is 0 Å². The molecule has 0 aromatic heterocycles. The van der Waals surface area contributed by atoms with E-state index in [-0.39, 0.29) is 31.1 Å². The lowest BCUT2D eigenvalue weighted by Gasteiger charge is -2.18. The van der Waals surface area contributed by atoms with Gasteiger partial charge in [0.25, 0.3) is 0 Å². The standard InChI is InChI=1S/C72H140O6/c1-4-7-10-13-16-18-20-22-24-26-28-30-32-33-34-35-36-37-38-40-41-43-45-47-49-51-53-56-59-62-65-71(74)77-68-69(67-76-70(73)64-61-58-55-15-12-9-6-3)78-72(75)66-63-60-57-54-52-50-48-46-44-42-39-31-29-27-25-23-21-19-17-14-11-8-5-2/h69H,4-68H2,1-3H3. The number of rotatable bonds is 68. The summed E-state index contributed by atoms with van der Waals surface area (Å²) in [6.45, 7) is 6.69. The quantitative estimate of drug-likeness (QED) is 0.0343. The van der Waals surface area contributed by atoms with E-state index in [0.717, 1.165) is 57.8 Å². The van der Waals surface area contributed by atoms with Gasteiger partial charge in [0.15, 0.2) is 6.10 Å². The van der Waals surface area contributed by atoms with Gasteiger partial charge < -0.3 is 14.2 Å². The molecule has 0 aliphatic carbocycles. The zero-order valence-corrected chi connectivity index (χ0v) is 53.5. The maximum Gasteiger partial charge on any atom is 0.306 e. The SMILES string of the molecule is CCCCCCCCCCCCCCCCCCCCCCCCCCCCCCCCC(=O)OCC(COC(=O)CCCCCCCCC)OC(=O)CCCCCCCCCCCCCCCCCCCCCCCCC.